The van der Waals surface area contributed by atoms with E-state index in [0.717, 1.165) is 18.4 Å². The average Bonchev–Trinajstić information content (AvgIpc) is 2.82. The summed E-state index contributed by atoms with van der Waals surface area (Å²) in [6.07, 6.45) is 5.12. The van der Waals surface area contributed by atoms with Gasteiger partial charge >= 0.3 is 0 Å². The van der Waals surface area contributed by atoms with E-state index in [2.05, 4.69) is 5.32 Å². The minimum absolute atomic E-state index is 0.336. The van der Waals surface area contributed by atoms with Crippen LogP contribution in [0.5, 0.6) is 0 Å². The maximum Gasteiger partial charge on any atom is 0.136 e. The van der Waals surface area contributed by atoms with Crippen LogP contribution in [0.4, 0.5) is 8.78 Å². The van der Waals surface area contributed by atoms with Gasteiger partial charge in [0.2, 0.25) is 0 Å². The van der Waals surface area contributed by atoms with Crippen molar-refractivity contribution in [3.8, 4) is 0 Å². The highest BCUT2D eigenvalue weighted by atomic mass is 32.2. The van der Waals surface area contributed by atoms with Crippen LogP contribution in [0.3, 0.4) is 0 Å². The summed E-state index contributed by atoms with van der Waals surface area (Å²) in [6.45, 7) is 0.852. The number of rotatable bonds is 5. The lowest BCUT2D eigenvalue weighted by Crippen LogP contribution is -2.28. The van der Waals surface area contributed by atoms with Crippen molar-refractivity contribution < 1.29 is 8.78 Å². The maximum atomic E-state index is 13.3. The highest BCUT2D eigenvalue weighted by Crippen LogP contribution is 2.22. The summed E-state index contributed by atoms with van der Waals surface area (Å²) in [6, 6.07) is 4.22. The van der Waals surface area contributed by atoms with E-state index in [0.29, 0.717) is 10.9 Å². The topological polar surface area (TPSA) is 12.0 Å². The van der Waals surface area contributed by atoms with Crippen LogP contribution < -0.4 is 5.32 Å². The monoisotopic (exact) mass is 257 g/mol. The fourth-order valence-electron chi connectivity index (χ4n) is 2.14. The van der Waals surface area contributed by atoms with E-state index in [1.54, 1.807) is 0 Å². The summed E-state index contributed by atoms with van der Waals surface area (Å²) in [4.78, 5) is 0.401. The lowest BCUT2D eigenvalue weighted by atomic mass is 10.2. The third-order valence-electron chi connectivity index (χ3n) is 3.04. The Morgan fingerprint density at radius 3 is 2.76 bits per heavy atom. The van der Waals surface area contributed by atoms with Crippen molar-refractivity contribution in [1.29, 1.82) is 0 Å². The second-order valence-corrected chi connectivity index (χ2v) is 5.50. The van der Waals surface area contributed by atoms with Gasteiger partial charge in [0, 0.05) is 23.2 Å². The van der Waals surface area contributed by atoms with Gasteiger partial charge in [0.25, 0.3) is 0 Å². The first kappa shape index (κ1) is 12.8. The normalized spacial score (nSPS) is 16.6. The molecule has 0 aliphatic heterocycles. The molecule has 17 heavy (non-hydrogen) atoms. The Morgan fingerprint density at radius 2 is 2.00 bits per heavy atom. The minimum Gasteiger partial charge on any atom is -0.313 e. The van der Waals surface area contributed by atoms with Crippen molar-refractivity contribution in [2.75, 3.05) is 12.3 Å². The lowest BCUT2D eigenvalue weighted by Gasteiger charge is -2.11. The smallest absolute Gasteiger partial charge is 0.136 e. The molecule has 94 valence electrons. The van der Waals surface area contributed by atoms with E-state index in [9.17, 15) is 8.78 Å². The molecule has 0 amide bonds. The molecule has 1 aromatic carbocycles. The van der Waals surface area contributed by atoms with E-state index < -0.39 is 0 Å². The second kappa shape index (κ2) is 6.36. The number of benzene rings is 1. The number of thioether (sulfide) groups is 1. The van der Waals surface area contributed by atoms with E-state index >= 15 is 0 Å². The molecule has 0 radical (unpaired) electrons. The van der Waals surface area contributed by atoms with Gasteiger partial charge < -0.3 is 5.32 Å². The molecule has 2 rings (SSSR count). The Labute approximate surface area is 105 Å². The molecule has 4 heteroatoms. The quantitative estimate of drug-likeness (QED) is 0.639. The first-order valence-corrected chi connectivity index (χ1v) is 7.05. The number of halogens is 2. The first-order chi connectivity index (χ1) is 8.25. The molecule has 0 saturated heterocycles. The van der Waals surface area contributed by atoms with E-state index in [1.165, 1.54) is 49.6 Å². The minimum atomic E-state index is -0.377. The third-order valence-corrected chi connectivity index (χ3v) is 4.07. The van der Waals surface area contributed by atoms with Crippen molar-refractivity contribution in [2.24, 2.45) is 0 Å². The molecular weight excluding hydrogens is 240 g/mol. The highest BCUT2D eigenvalue weighted by Gasteiger charge is 2.13. The fourth-order valence-corrected chi connectivity index (χ4v) is 2.98. The molecule has 1 aliphatic rings. The van der Waals surface area contributed by atoms with E-state index in [1.807, 2.05) is 0 Å². The maximum absolute atomic E-state index is 13.3. The largest absolute Gasteiger partial charge is 0.313 e. The standard InChI is InChI=1S/C13H17F2NS/c14-10-5-6-12(15)13(9-10)17-8-7-16-11-3-1-2-4-11/h5-6,9,11,16H,1-4,7-8H2. The van der Waals surface area contributed by atoms with Crippen LogP contribution in [-0.4, -0.2) is 18.3 Å². The molecule has 1 fully saturated rings. The zero-order valence-electron chi connectivity index (χ0n) is 9.72. The van der Waals surface area contributed by atoms with Crippen molar-refractivity contribution in [3.63, 3.8) is 0 Å². The third kappa shape index (κ3) is 3.96. The molecule has 0 unspecified atom stereocenters. The van der Waals surface area contributed by atoms with Crippen LogP contribution in [0.25, 0.3) is 0 Å². The fraction of sp³-hybridized carbons (Fsp3) is 0.538. The van der Waals surface area contributed by atoms with Gasteiger partial charge in [-0.1, -0.05) is 12.8 Å². The van der Waals surface area contributed by atoms with Crippen LogP contribution >= 0.6 is 11.8 Å². The summed E-state index contributed by atoms with van der Waals surface area (Å²) in [5.74, 6) is 0.0616. The molecule has 1 nitrogen and oxygen atoms in total. The van der Waals surface area contributed by atoms with Gasteiger partial charge in [0.15, 0.2) is 0 Å². The van der Waals surface area contributed by atoms with Gasteiger partial charge in [0.05, 0.1) is 0 Å². The molecule has 1 aromatic rings. The van der Waals surface area contributed by atoms with Crippen molar-refractivity contribution in [1.82, 2.24) is 5.32 Å². The molecule has 0 aromatic heterocycles. The molecule has 1 aliphatic carbocycles. The van der Waals surface area contributed by atoms with Gasteiger partial charge in [-0.2, -0.15) is 0 Å². The summed E-state index contributed by atoms with van der Waals surface area (Å²) in [5.41, 5.74) is 0. The molecular formula is C13H17F2NS. The van der Waals surface area contributed by atoms with Crippen molar-refractivity contribution >= 4 is 11.8 Å². The first-order valence-electron chi connectivity index (χ1n) is 6.07. The molecule has 0 atom stereocenters. The highest BCUT2D eigenvalue weighted by molar-refractivity contribution is 7.99. The zero-order valence-corrected chi connectivity index (χ0v) is 10.5. The molecule has 1 N–H and O–H groups in total. The summed E-state index contributed by atoms with van der Waals surface area (Å²) >= 11 is 1.37. The number of nitrogens with one attached hydrogen (secondary N) is 1. The molecule has 1 saturated carbocycles. The van der Waals surface area contributed by atoms with Gasteiger partial charge in [-0.3, -0.25) is 0 Å². The molecule has 0 heterocycles. The van der Waals surface area contributed by atoms with E-state index in [4.69, 9.17) is 0 Å². The predicted molar refractivity (Wildman–Crippen MR) is 67.3 cm³/mol. The Bertz CT molecular complexity index is 364. The van der Waals surface area contributed by atoms with Crippen LogP contribution in [0.1, 0.15) is 25.7 Å². The number of hydrogen-bond donors (Lipinski definition) is 1. The van der Waals surface area contributed by atoms with Gasteiger partial charge in [0.1, 0.15) is 11.6 Å². The second-order valence-electron chi connectivity index (χ2n) is 4.36. The Morgan fingerprint density at radius 1 is 1.24 bits per heavy atom. The summed E-state index contributed by atoms with van der Waals surface area (Å²) in [7, 11) is 0. The van der Waals surface area contributed by atoms with Crippen LogP contribution in [0, 0.1) is 11.6 Å². The predicted octanol–water partition coefficient (Wildman–Crippen LogP) is 3.59. The molecule has 0 spiro atoms. The lowest BCUT2D eigenvalue weighted by molar-refractivity contribution is 0.544. The summed E-state index contributed by atoms with van der Waals surface area (Å²) < 4.78 is 26.2. The van der Waals surface area contributed by atoms with Crippen LogP contribution in [0.15, 0.2) is 23.1 Å². The van der Waals surface area contributed by atoms with Gasteiger partial charge in [-0.25, -0.2) is 8.78 Å². The Kier molecular flexibility index (Phi) is 4.80. The van der Waals surface area contributed by atoms with E-state index in [-0.39, 0.29) is 11.6 Å². The van der Waals surface area contributed by atoms with Crippen molar-refractivity contribution in [3.05, 3.63) is 29.8 Å². The SMILES string of the molecule is Fc1ccc(F)c(SCCNC2CCCC2)c1. The van der Waals surface area contributed by atoms with Crippen LogP contribution in [-0.2, 0) is 0 Å². The van der Waals surface area contributed by atoms with Crippen LogP contribution in [0.2, 0.25) is 0 Å². The Hall–Kier alpha value is -0.610. The zero-order chi connectivity index (χ0) is 12.1. The number of hydrogen-bond acceptors (Lipinski definition) is 2. The Balaban J connectivity index is 1.72. The van der Waals surface area contributed by atoms with Crippen molar-refractivity contribution in [2.45, 2.75) is 36.6 Å². The summed E-state index contributed by atoms with van der Waals surface area (Å²) in [5, 5.41) is 3.45. The van der Waals surface area contributed by atoms with Gasteiger partial charge in [-0.05, 0) is 31.0 Å². The molecule has 0 bridgehead atoms. The van der Waals surface area contributed by atoms with Gasteiger partial charge in [-0.15, -0.1) is 11.8 Å². The average molecular weight is 257 g/mol.